The monoisotopic (exact) mass is 376 g/mol. The van der Waals surface area contributed by atoms with Crippen molar-refractivity contribution in [1.82, 2.24) is 9.97 Å². The van der Waals surface area contributed by atoms with Crippen LogP contribution in [0.25, 0.3) is 0 Å². The molecule has 1 saturated heterocycles. The van der Waals surface area contributed by atoms with Gasteiger partial charge in [0.15, 0.2) is 5.66 Å². The molecule has 1 unspecified atom stereocenters. The van der Waals surface area contributed by atoms with Crippen LogP contribution >= 0.6 is 0 Å². The van der Waals surface area contributed by atoms with Crippen LogP contribution in [0.3, 0.4) is 0 Å². The highest BCUT2D eigenvalue weighted by molar-refractivity contribution is 5.84. The summed E-state index contributed by atoms with van der Waals surface area (Å²) in [6.45, 7) is 4.06. The van der Waals surface area contributed by atoms with Gasteiger partial charge in [-0.05, 0) is 30.9 Å². The zero-order chi connectivity index (χ0) is 19.2. The number of nitrogens with zero attached hydrogens (tertiary/aromatic N) is 6. The number of anilines is 1. The maximum Gasteiger partial charge on any atom is 0.225 e. The van der Waals surface area contributed by atoms with Crippen LogP contribution in [0.15, 0.2) is 64.0 Å². The molecule has 146 valence electrons. The zero-order valence-electron chi connectivity index (χ0n) is 16.5. The lowest BCUT2D eigenvalue weighted by Gasteiger charge is -2.38. The summed E-state index contributed by atoms with van der Waals surface area (Å²) in [5, 5.41) is 9.30. The Balaban J connectivity index is 1.52. The molecule has 1 fully saturated rings. The number of aromatic nitrogens is 2. The summed E-state index contributed by atoms with van der Waals surface area (Å²) in [6.07, 6.45) is 9.66. The first kappa shape index (κ1) is 18.7. The minimum absolute atomic E-state index is 0.385. The Kier molecular flexibility index (Phi) is 5.74. The molecular weight excluding hydrogens is 348 g/mol. The summed E-state index contributed by atoms with van der Waals surface area (Å²) in [7, 11) is 0. The molecule has 6 heteroatoms. The smallest absolute Gasteiger partial charge is 0.225 e. The zero-order valence-corrected chi connectivity index (χ0v) is 16.5. The van der Waals surface area contributed by atoms with Crippen molar-refractivity contribution in [2.45, 2.75) is 51.1 Å². The van der Waals surface area contributed by atoms with E-state index in [2.05, 4.69) is 57.2 Å². The molecule has 1 atom stereocenters. The fourth-order valence-electron chi connectivity index (χ4n) is 4.14. The van der Waals surface area contributed by atoms with Gasteiger partial charge in [0.25, 0.3) is 0 Å². The van der Waals surface area contributed by atoms with Crippen LogP contribution < -0.4 is 4.90 Å². The Labute approximate surface area is 166 Å². The summed E-state index contributed by atoms with van der Waals surface area (Å²) >= 11 is 0. The topological polar surface area (TPSA) is 66.1 Å². The SMILES string of the molecule is CCCCC1=NC(Cc2ccccc2)(C2CCN(c3ncccn3)CC2)N=N1. The largest absolute Gasteiger partial charge is 0.341 e. The lowest BCUT2D eigenvalue weighted by atomic mass is 9.81. The molecule has 0 aliphatic carbocycles. The van der Waals surface area contributed by atoms with Crippen molar-refractivity contribution in [3.8, 4) is 0 Å². The quantitative estimate of drug-likeness (QED) is 0.704. The highest BCUT2D eigenvalue weighted by Gasteiger charge is 2.43. The minimum atomic E-state index is -0.450. The number of azo groups is 1. The van der Waals surface area contributed by atoms with Gasteiger partial charge in [0.2, 0.25) is 5.95 Å². The lowest BCUT2D eigenvalue weighted by molar-refractivity contribution is 0.233. The Hall–Kier alpha value is -2.63. The standard InChI is InChI=1S/C22H28N6/c1-2-3-10-20-25-22(27-26-20,17-18-8-5-4-6-9-18)19-11-15-28(16-12-19)21-23-13-7-14-24-21/h4-9,13-14,19H,2-3,10-12,15-17H2,1H3. The van der Waals surface area contributed by atoms with Crippen LogP contribution in [0.5, 0.6) is 0 Å². The van der Waals surface area contributed by atoms with Crippen LogP contribution in [0, 0.1) is 5.92 Å². The molecule has 4 rings (SSSR count). The third-order valence-electron chi connectivity index (χ3n) is 5.71. The number of hydrogen-bond donors (Lipinski definition) is 0. The van der Waals surface area contributed by atoms with Crippen molar-refractivity contribution in [3.63, 3.8) is 0 Å². The maximum atomic E-state index is 5.11. The summed E-state index contributed by atoms with van der Waals surface area (Å²) in [6, 6.07) is 12.4. The van der Waals surface area contributed by atoms with E-state index in [9.17, 15) is 0 Å². The first-order valence-electron chi connectivity index (χ1n) is 10.4. The van der Waals surface area contributed by atoms with Crippen molar-refractivity contribution in [2.24, 2.45) is 21.1 Å². The fourth-order valence-corrected chi connectivity index (χ4v) is 4.14. The number of rotatable bonds is 7. The van der Waals surface area contributed by atoms with Crippen molar-refractivity contribution in [3.05, 3.63) is 54.4 Å². The molecular formula is C22H28N6. The van der Waals surface area contributed by atoms with Gasteiger partial charge in [0.05, 0.1) is 0 Å². The van der Waals surface area contributed by atoms with E-state index in [1.54, 1.807) is 12.4 Å². The number of unbranched alkanes of at least 4 members (excludes halogenated alkanes) is 1. The summed E-state index contributed by atoms with van der Waals surface area (Å²) in [4.78, 5) is 16.2. The molecule has 0 radical (unpaired) electrons. The van der Waals surface area contributed by atoms with Crippen LogP contribution in [-0.2, 0) is 6.42 Å². The van der Waals surface area contributed by atoms with Crippen LogP contribution in [0.4, 0.5) is 5.95 Å². The fraction of sp³-hybridized carbons (Fsp3) is 0.500. The Morgan fingerprint density at radius 3 is 2.50 bits per heavy atom. The lowest BCUT2D eigenvalue weighted by Crippen LogP contribution is -2.44. The normalized spacial score (nSPS) is 22.5. The van der Waals surface area contributed by atoms with E-state index in [1.807, 2.05) is 6.07 Å². The Bertz CT molecular complexity index is 811. The molecule has 6 nitrogen and oxygen atoms in total. The van der Waals surface area contributed by atoms with E-state index in [4.69, 9.17) is 10.1 Å². The van der Waals surface area contributed by atoms with Crippen molar-refractivity contribution in [1.29, 1.82) is 0 Å². The van der Waals surface area contributed by atoms with E-state index in [-0.39, 0.29) is 0 Å². The number of aliphatic imine (C=N–C) groups is 1. The predicted octanol–water partition coefficient (Wildman–Crippen LogP) is 4.69. The van der Waals surface area contributed by atoms with Crippen molar-refractivity contribution in [2.75, 3.05) is 18.0 Å². The molecule has 0 amide bonds. The molecule has 28 heavy (non-hydrogen) atoms. The third-order valence-corrected chi connectivity index (χ3v) is 5.71. The molecule has 1 aromatic carbocycles. The van der Waals surface area contributed by atoms with Crippen LogP contribution in [0.2, 0.25) is 0 Å². The van der Waals surface area contributed by atoms with E-state index in [0.717, 1.165) is 63.4 Å². The molecule has 2 aliphatic rings. The van der Waals surface area contributed by atoms with Gasteiger partial charge in [0, 0.05) is 44.2 Å². The van der Waals surface area contributed by atoms with E-state index in [0.29, 0.717) is 5.92 Å². The van der Waals surface area contributed by atoms with Gasteiger partial charge in [-0.25, -0.2) is 15.0 Å². The van der Waals surface area contributed by atoms with Gasteiger partial charge in [-0.1, -0.05) is 43.7 Å². The number of hydrogen-bond acceptors (Lipinski definition) is 6. The van der Waals surface area contributed by atoms with Gasteiger partial charge >= 0.3 is 0 Å². The number of piperidine rings is 1. The first-order chi connectivity index (χ1) is 13.8. The van der Waals surface area contributed by atoms with Gasteiger partial charge in [-0.2, -0.15) is 5.11 Å². The van der Waals surface area contributed by atoms with Gasteiger partial charge in [-0.3, -0.25) is 0 Å². The molecule has 3 heterocycles. The molecule has 1 aromatic heterocycles. The highest BCUT2D eigenvalue weighted by atomic mass is 15.3. The second-order valence-corrected chi connectivity index (χ2v) is 7.68. The maximum absolute atomic E-state index is 5.11. The second kappa shape index (κ2) is 8.59. The third kappa shape index (κ3) is 4.11. The van der Waals surface area contributed by atoms with E-state index < -0.39 is 5.66 Å². The van der Waals surface area contributed by atoms with E-state index >= 15 is 0 Å². The first-order valence-corrected chi connectivity index (χ1v) is 10.4. The summed E-state index contributed by atoms with van der Waals surface area (Å²) < 4.78 is 0. The molecule has 0 saturated carbocycles. The van der Waals surface area contributed by atoms with Crippen molar-refractivity contribution < 1.29 is 0 Å². The molecule has 0 spiro atoms. The summed E-state index contributed by atoms with van der Waals surface area (Å²) in [5.41, 5.74) is 0.824. The average molecular weight is 377 g/mol. The van der Waals surface area contributed by atoms with Gasteiger partial charge < -0.3 is 4.90 Å². The van der Waals surface area contributed by atoms with Crippen LogP contribution in [0.1, 0.15) is 44.6 Å². The number of amidine groups is 1. The van der Waals surface area contributed by atoms with Crippen molar-refractivity contribution >= 4 is 11.8 Å². The molecule has 2 aromatic rings. The Morgan fingerprint density at radius 2 is 1.79 bits per heavy atom. The average Bonchev–Trinajstić information content (AvgIpc) is 3.18. The second-order valence-electron chi connectivity index (χ2n) is 7.68. The minimum Gasteiger partial charge on any atom is -0.341 e. The number of benzene rings is 1. The summed E-state index contributed by atoms with van der Waals surface area (Å²) in [5.74, 6) is 2.13. The van der Waals surface area contributed by atoms with Gasteiger partial charge in [0.1, 0.15) is 5.84 Å². The molecule has 0 bridgehead atoms. The Morgan fingerprint density at radius 1 is 1.04 bits per heavy atom. The van der Waals surface area contributed by atoms with E-state index in [1.165, 1.54) is 5.56 Å². The highest BCUT2D eigenvalue weighted by Crippen LogP contribution is 2.39. The predicted molar refractivity (Wildman–Crippen MR) is 112 cm³/mol. The molecule has 2 aliphatic heterocycles. The molecule has 0 N–H and O–H groups in total. The van der Waals surface area contributed by atoms with Gasteiger partial charge in [-0.15, -0.1) is 5.11 Å². The van der Waals surface area contributed by atoms with Crippen LogP contribution in [-0.4, -0.2) is 34.6 Å².